The molecule has 0 atom stereocenters. The summed E-state index contributed by atoms with van der Waals surface area (Å²) in [6.07, 6.45) is 0. The third-order valence-electron chi connectivity index (χ3n) is 14.2. The first kappa shape index (κ1) is 47.9. The fourth-order valence-electron chi connectivity index (χ4n) is 10.4. The summed E-state index contributed by atoms with van der Waals surface area (Å²) in [4.78, 5) is 3.39. The van der Waals surface area contributed by atoms with Crippen LogP contribution >= 0.6 is 0 Å². The molecule has 0 aromatic heterocycles. The van der Waals surface area contributed by atoms with Gasteiger partial charge in [0.25, 0.3) is 0 Å². The van der Waals surface area contributed by atoms with Crippen molar-refractivity contribution >= 4 is 66.4 Å². The average Bonchev–Trinajstić information content (AvgIpc) is 3.68. The number of hydrogen-bond donors (Lipinski definition) is 0. The quantitative estimate of drug-likeness (QED) is 0.0999. The van der Waals surface area contributed by atoms with Gasteiger partial charge in [0.15, 0.2) is 23.3 Å². The second-order valence-corrected chi connectivity index (χ2v) is 18.7. The molecule has 0 aliphatic heterocycles. The van der Waals surface area contributed by atoms with Gasteiger partial charge >= 0.3 is 0 Å². The Labute approximate surface area is 445 Å². The Bertz CT molecular complexity index is 4080. The van der Waals surface area contributed by atoms with E-state index < -0.39 is 23.3 Å². The first-order valence-corrected chi connectivity index (χ1v) is 24.6. The molecule has 10 heteroatoms. The molecule has 12 aromatic rings. The minimum absolute atomic E-state index is 0.0681. The van der Waals surface area contributed by atoms with Gasteiger partial charge in [-0.3, -0.25) is 0 Å². The third-order valence-corrected chi connectivity index (χ3v) is 14.2. The Morgan fingerprint density at radius 1 is 0.282 bits per heavy atom. The van der Waals surface area contributed by atoms with Gasteiger partial charge in [-0.15, -0.1) is 0 Å². The van der Waals surface area contributed by atoms with Gasteiger partial charge in [0.05, 0.1) is 69.3 Å². The number of nitriles is 4. The van der Waals surface area contributed by atoms with E-state index in [0.29, 0.717) is 55.8 Å². The van der Waals surface area contributed by atoms with Crippen molar-refractivity contribution in [3.05, 3.63) is 264 Å². The van der Waals surface area contributed by atoms with Crippen LogP contribution < -0.4 is 9.80 Å². The molecule has 6 nitrogen and oxygen atoms in total. The summed E-state index contributed by atoms with van der Waals surface area (Å²) in [5.41, 5.74) is 9.63. The lowest BCUT2D eigenvalue weighted by atomic mass is 9.91. The van der Waals surface area contributed by atoms with Crippen LogP contribution in [0.1, 0.15) is 22.3 Å². The summed E-state index contributed by atoms with van der Waals surface area (Å²) in [6, 6.07) is 72.0. The maximum absolute atomic E-state index is 16.7. The fraction of sp³-hybridized carbons (Fsp3) is 0. The van der Waals surface area contributed by atoms with Crippen LogP contribution in [-0.2, 0) is 0 Å². The van der Waals surface area contributed by atoms with Crippen LogP contribution in [0.2, 0.25) is 0 Å². The van der Waals surface area contributed by atoms with Crippen molar-refractivity contribution in [2.45, 2.75) is 0 Å². The SMILES string of the molecule is N#Cc1ccc(-c2cc(-c3ccc(C#N)cc3)cc(N(c3cccc(F)c3F)c3ccc4ccc5c(N(c6cc(-c7ccc(C#N)cc7)cc(-c7ccc(C#N)cc7)c6)c6cccc(F)c6F)ccc6ccc3c4c65)c2)cc1. The molecule has 0 radical (unpaired) electrons. The van der Waals surface area contributed by atoms with Crippen LogP contribution in [0.15, 0.2) is 218 Å². The number of nitrogens with zero attached hydrogens (tertiary/aromatic N) is 6. The van der Waals surface area contributed by atoms with Gasteiger partial charge in [-0.25, -0.2) is 17.6 Å². The lowest BCUT2D eigenvalue weighted by Gasteiger charge is -2.30. The van der Waals surface area contributed by atoms with Crippen molar-refractivity contribution < 1.29 is 17.6 Å². The van der Waals surface area contributed by atoms with E-state index in [1.165, 1.54) is 24.3 Å². The first-order valence-electron chi connectivity index (χ1n) is 24.6. The Kier molecular flexibility index (Phi) is 12.1. The molecule has 0 bridgehead atoms. The maximum atomic E-state index is 16.7. The summed E-state index contributed by atoms with van der Waals surface area (Å²) in [5, 5.41) is 43.1. The molecule has 0 aliphatic rings. The van der Waals surface area contributed by atoms with Crippen molar-refractivity contribution in [2.75, 3.05) is 9.80 Å². The minimum Gasteiger partial charge on any atom is -0.307 e. The van der Waals surface area contributed by atoms with Crippen molar-refractivity contribution in [1.82, 2.24) is 0 Å². The third kappa shape index (κ3) is 8.49. The van der Waals surface area contributed by atoms with Crippen molar-refractivity contribution in [1.29, 1.82) is 21.0 Å². The molecular formula is C68H36F4N6. The monoisotopic (exact) mass is 1010 g/mol. The Hall–Kier alpha value is -11.0. The van der Waals surface area contributed by atoms with Crippen molar-refractivity contribution in [3.8, 4) is 68.8 Å². The standard InChI is InChI=1S/C68H36F4N6/c69-59-3-1-5-63(67(59)71)77(55-33-51(45-15-7-41(37-73)8-16-45)31-52(34-55)46-17-9-42(38-74)10-18-46)61-29-25-49-24-28-58-62(30-26-50-23-27-57(61)65(49)66(50)58)78(64-6-2-4-60(70)68(64)72)56-35-53(47-19-11-43(39-75)12-20-47)32-54(36-56)48-21-13-44(40-76)14-22-48/h1-36H. The first-order chi connectivity index (χ1) is 38.1. The Morgan fingerprint density at radius 2 is 0.577 bits per heavy atom. The van der Waals surface area contributed by atoms with Gasteiger partial charge < -0.3 is 9.80 Å². The zero-order valence-electron chi connectivity index (χ0n) is 41.0. The summed E-state index contributed by atoms with van der Waals surface area (Å²) < 4.78 is 64.8. The van der Waals surface area contributed by atoms with E-state index in [9.17, 15) is 21.0 Å². The van der Waals surface area contributed by atoms with Crippen LogP contribution in [0.3, 0.4) is 0 Å². The van der Waals surface area contributed by atoms with E-state index in [1.807, 2.05) is 133 Å². The Morgan fingerprint density at radius 3 is 0.872 bits per heavy atom. The zero-order chi connectivity index (χ0) is 53.6. The van der Waals surface area contributed by atoms with Gasteiger partial charge in [0, 0.05) is 22.1 Å². The molecule has 12 rings (SSSR count). The lowest BCUT2D eigenvalue weighted by molar-refractivity contribution is 0.510. The van der Waals surface area contributed by atoms with E-state index in [2.05, 4.69) is 24.3 Å². The number of rotatable bonds is 10. The number of halogens is 4. The van der Waals surface area contributed by atoms with Gasteiger partial charge in [-0.1, -0.05) is 97.1 Å². The largest absolute Gasteiger partial charge is 0.307 e. The van der Waals surface area contributed by atoms with E-state index in [4.69, 9.17) is 0 Å². The predicted octanol–water partition coefficient (Wildman–Crippen LogP) is 18.2. The molecule has 0 N–H and O–H groups in total. The smallest absolute Gasteiger partial charge is 0.182 e. The maximum Gasteiger partial charge on any atom is 0.182 e. The van der Waals surface area contributed by atoms with E-state index in [-0.39, 0.29) is 11.4 Å². The van der Waals surface area contributed by atoms with Crippen LogP contribution in [0.4, 0.5) is 51.7 Å². The number of anilines is 6. The highest BCUT2D eigenvalue weighted by Gasteiger charge is 2.27. The van der Waals surface area contributed by atoms with E-state index in [1.54, 1.807) is 58.3 Å². The van der Waals surface area contributed by atoms with Gasteiger partial charge in [-0.2, -0.15) is 21.0 Å². The van der Waals surface area contributed by atoms with Gasteiger partial charge in [-0.05, 0) is 187 Å². The second-order valence-electron chi connectivity index (χ2n) is 18.7. The normalized spacial score (nSPS) is 11.0. The van der Waals surface area contributed by atoms with Gasteiger partial charge in [0.2, 0.25) is 0 Å². The molecule has 0 aliphatic carbocycles. The zero-order valence-corrected chi connectivity index (χ0v) is 41.0. The van der Waals surface area contributed by atoms with Crippen LogP contribution in [-0.4, -0.2) is 0 Å². The summed E-state index contributed by atoms with van der Waals surface area (Å²) >= 11 is 0. The van der Waals surface area contributed by atoms with E-state index >= 15 is 17.6 Å². The minimum atomic E-state index is -1.08. The number of hydrogen-bond acceptors (Lipinski definition) is 6. The lowest BCUT2D eigenvalue weighted by Crippen LogP contribution is -2.14. The molecule has 0 spiro atoms. The van der Waals surface area contributed by atoms with Crippen molar-refractivity contribution in [3.63, 3.8) is 0 Å². The van der Waals surface area contributed by atoms with Crippen LogP contribution in [0.25, 0.3) is 76.8 Å². The molecule has 0 heterocycles. The highest BCUT2D eigenvalue weighted by Crippen LogP contribution is 2.50. The van der Waals surface area contributed by atoms with Crippen molar-refractivity contribution in [2.24, 2.45) is 0 Å². The summed E-state index contributed by atoms with van der Waals surface area (Å²) in [5.74, 6) is -4.26. The Balaban J connectivity index is 1.11. The highest BCUT2D eigenvalue weighted by molar-refractivity contribution is 6.28. The summed E-state index contributed by atoms with van der Waals surface area (Å²) in [7, 11) is 0. The second kappa shape index (κ2) is 19.7. The fourth-order valence-corrected chi connectivity index (χ4v) is 10.4. The topological polar surface area (TPSA) is 102 Å². The molecular weight excluding hydrogens is 977 g/mol. The molecule has 0 unspecified atom stereocenters. The molecule has 366 valence electrons. The average molecular weight is 1010 g/mol. The summed E-state index contributed by atoms with van der Waals surface area (Å²) in [6.45, 7) is 0. The van der Waals surface area contributed by atoms with Gasteiger partial charge in [0.1, 0.15) is 0 Å². The van der Waals surface area contributed by atoms with E-state index in [0.717, 1.165) is 78.2 Å². The van der Waals surface area contributed by atoms with Crippen LogP contribution in [0, 0.1) is 68.6 Å². The molecule has 0 amide bonds. The molecule has 0 fully saturated rings. The van der Waals surface area contributed by atoms with Crippen LogP contribution in [0.5, 0.6) is 0 Å². The predicted molar refractivity (Wildman–Crippen MR) is 300 cm³/mol. The number of benzene rings is 12. The molecule has 0 saturated heterocycles. The molecule has 78 heavy (non-hydrogen) atoms. The highest BCUT2D eigenvalue weighted by atomic mass is 19.2. The molecule has 0 saturated carbocycles. The molecule has 12 aromatic carbocycles.